The summed E-state index contributed by atoms with van der Waals surface area (Å²) in [6.45, 7) is 5.16. The highest BCUT2D eigenvalue weighted by Gasteiger charge is 2.32. The minimum Gasteiger partial charge on any atom is -0.298 e. The van der Waals surface area contributed by atoms with E-state index in [-0.39, 0.29) is 10.8 Å². The van der Waals surface area contributed by atoms with Gasteiger partial charge in [-0.2, -0.15) is 4.31 Å². The van der Waals surface area contributed by atoms with Crippen LogP contribution in [0.15, 0.2) is 52.1 Å². The van der Waals surface area contributed by atoms with Crippen LogP contribution in [0.1, 0.15) is 30.6 Å². The third kappa shape index (κ3) is 4.49. The van der Waals surface area contributed by atoms with E-state index in [4.69, 9.17) is 0 Å². The van der Waals surface area contributed by atoms with E-state index in [1.807, 2.05) is 22.9 Å². The summed E-state index contributed by atoms with van der Waals surface area (Å²) in [6.07, 6.45) is 1.02. The van der Waals surface area contributed by atoms with Crippen molar-refractivity contribution in [3.05, 3.63) is 52.7 Å². The van der Waals surface area contributed by atoms with Gasteiger partial charge in [-0.05, 0) is 47.9 Å². The van der Waals surface area contributed by atoms with Crippen molar-refractivity contribution in [2.45, 2.75) is 25.2 Å². The Morgan fingerprint density at radius 1 is 1.13 bits per heavy atom. The molecular formula is C21H23N3O3S3. The third-order valence-electron chi connectivity index (χ3n) is 5.07. The smallest absolute Gasteiger partial charge is 0.257 e. The van der Waals surface area contributed by atoms with Crippen LogP contribution in [0.2, 0.25) is 0 Å². The van der Waals surface area contributed by atoms with E-state index in [0.717, 1.165) is 17.0 Å². The predicted molar refractivity (Wildman–Crippen MR) is 122 cm³/mol. The van der Waals surface area contributed by atoms with Gasteiger partial charge in [-0.15, -0.1) is 22.7 Å². The molecule has 0 radical (unpaired) electrons. The molecule has 3 aromatic rings. The average molecular weight is 462 g/mol. The number of hydrogen-bond donors (Lipinski definition) is 1. The Bertz CT molecular complexity index is 1130. The fraction of sp³-hybridized carbons (Fsp3) is 0.333. The molecule has 1 saturated heterocycles. The molecule has 4 rings (SSSR count). The SMILES string of the molecule is CC1CC(C)CN(S(=O)(=O)c2cccc(C(=O)Nc3nc(-c4cccs4)cs3)c2)C1. The van der Waals surface area contributed by atoms with E-state index in [1.165, 1.54) is 21.7 Å². The number of thiophene rings is 1. The van der Waals surface area contributed by atoms with Crippen LogP contribution < -0.4 is 5.32 Å². The van der Waals surface area contributed by atoms with Crippen molar-refractivity contribution in [2.75, 3.05) is 18.4 Å². The van der Waals surface area contributed by atoms with Crippen molar-refractivity contribution in [3.8, 4) is 10.6 Å². The number of benzene rings is 1. The Balaban J connectivity index is 1.52. The van der Waals surface area contributed by atoms with Crippen LogP contribution in [-0.4, -0.2) is 36.7 Å². The summed E-state index contributed by atoms with van der Waals surface area (Å²) in [5.74, 6) is 0.259. The Morgan fingerprint density at radius 3 is 2.60 bits per heavy atom. The minimum atomic E-state index is -3.64. The number of nitrogens with one attached hydrogen (secondary N) is 1. The zero-order valence-corrected chi connectivity index (χ0v) is 19.2. The van der Waals surface area contributed by atoms with E-state index in [2.05, 4.69) is 24.1 Å². The number of carbonyl (C=O) groups excluding carboxylic acids is 1. The van der Waals surface area contributed by atoms with Gasteiger partial charge in [-0.3, -0.25) is 10.1 Å². The molecule has 2 unspecified atom stereocenters. The fourth-order valence-corrected chi connectivity index (χ4v) is 6.98. The van der Waals surface area contributed by atoms with Crippen LogP contribution in [0.4, 0.5) is 5.13 Å². The van der Waals surface area contributed by atoms with Crippen molar-refractivity contribution in [1.82, 2.24) is 9.29 Å². The number of carbonyl (C=O) groups is 1. The van der Waals surface area contributed by atoms with Crippen LogP contribution in [0, 0.1) is 11.8 Å². The second kappa shape index (κ2) is 8.58. The summed E-state index contributed by atoms with van der Waals surface area (Å²) in [4.78, 5) is 18.3. The van der Waals surface area contributed by atoms with Gasteiger partial charge in [0.15, 0.2) is 5.13 Å². The molecule has 1 fully saturated rings. The number of rotatable bonds is 5. The van der Waals surface area contributed by atoms with E-state index in [9.17, 15) is 13.2 Å². The summed E-state index contributed by atoms with van der Waals surface area (Å²) in [5.41, 5.74) is 1.11. The van der Waals surface area contributed by atoms with Gasteiger partial charge >= 0.3 is 0 Å². The maximum atomic E-state index is 13.1. The van der Waals surface area contributed by atoms with Crippen molar-refractivity contribution >= 4 is 43.7 Å². The number of nitrogens with zero attached hydrogens (tertiary/aromatic N) is 2. The van der Waals surface area contributed by atoms with Gasteiger partial charge in [-0.1, -0.05) is 26.0 Å². The fourth-order valence-electron chi connectivity index (χ4n) is 3.79. The zero-order chi connectivity index (χ0) is 21.3. The predicted octanol–water partition coefficient (Wildman–Crippen LogP) is 4.79. The molecule has 1 aliphatic heterocycles. The van der Waals surface area contributed by atoms with E-state index < -0.39 is 10.0 Å². The molecule has 0 saturated carbocycles. The first-order valence-electron chi connectivity index (χ1n) is 9.74. The Labute approximate surface area is 184 Å². The number of amides is 1. The lowest BCUT2D eigenvalue weighted by Crippen LogP contribution is -2.42. The Kier molecular flexibility index (Phi) is 6.06. The first-order valence-corrected chi connectivity index (χ1v) is 12.9. The van der Waals surface area contributed by atoms with Gasteiger partial charge in [-0.25, -0.2) is 13.4 Å². The monoisotopic (exact) mass is 461 g/mol. The molecule has 30 heavy (non-hydrogen) atoms. The highest BCUT2D eigenvalue weighted by Crippen LogP contribution is 2.29. The Morgan fingerprint density at radius 2 is 1.90 bits per heavy atom. The quantitative estimate of drug-likeness (QED) is 0.592. The van der Waals surface area contributed by atoms with E-state index in [0.29, 0.717) is 35.6 Å². The zero-order valence-electron chi connectivity index (χ0n) is 16.7. The van der Waals surface area contributed by atoms with Crippen LogP contribution in [0.5, 0.6) is 0 Å². The first kappa shape index (κ1) is 21.2. The molecule has 6 nitrogen and oxygen atoms in total. The second-order valence-electron chi connectivity index (χ2n) is 7.77. The van der Waals surface area contributed by atoms with E-state index >= 15 is 0 Å². The first-order chi connectivity index (χ1) is 14.3. The van der Waals surface area contributed by atoms with Gasteiger partial charge in [0.1, 0.15) is 0 Å². The van der Waals surface area contributed by atoms with Crippen LogP contribution in [-0.2, 0) is 10.0 Å². The standard InChI is InChI=1S/C21H23N3O3S3/c1-14-9-15(2)12-24(11-14)30(26,27)17-6-3-5-16(10-17)20(25)23-21-22-18(13-29-21)19-7-4-8-28-19/h3-8,10,13-15H,9,11-12H2,1-2H3,(H,22,23,25). The Hall–Kier alpha value is -2.07. The summed E-state index contributed by atoms with van der Waals surface area (Å²) in [6, 6.07) is 10.1. The number of sulfonamides is 1. The summed E-state index contributed by atoms with van der Waals surface area (Å²) in [7, 11) is -3.64. The molecule has 1 aromatic carbocycles. The largest absolute Gasteiger partial charge is 0.298 e. The molecule has 0 spiro atoms. The molecule has 2 aromatic heterocycles. The molecule has 1 N–H and O–H groups in total. The summed E-state index contributed by atoms with van der Waals surface area (Å²) in [5, 5.41) is 7.12. The maximum absolute atomic E-state index is 13.1. The highest BCUT2D eigenvalue weighted by atomic mass is 32.2. The molecular weight excluding hydrogens is 438 g/mol. The normalized spacial score (nSPS) is 20.2. The molecule has 0 bridgehead atoms. The molecule has 1 amide bonds. The van der Waals surface area contributed by atoms with Gasteiger partial charge in [0.05, 0.1) is 15.5 Å². The van der Waals surface area contributed by atoms with Crippen LogP contribution in [0.25, 0.3) is 10.6 Å². The lowest BCUT2D eigenvalue weighted by Gasteiger charge is -2.34. The molecule has 2 atom stereocenters. The van der Waals surface area contributed by atoms with Crippen molar-refractivity contribution < 1.29 is 13.2 Å². The summed E-state index contributed by atoms with van der Waals surface area (Å²) >= 11 is 2.92. The van der Waals surface area contributed by atoms with Gasteiger partial charge in [0.2, 0.25) is 10.0 Å². The number of aromatic nitrogens is 1. The molecule has 158 valence electrons. The van der Waals surface area contributed by atoms with Crippen LogP contribution in [0.3, 0.4) is 0 Å². The number of anilines is 1. The molecule has 1 aliphatic rings. The molecule has 3 heterocycles. The molecule has 0 aliphatic carbocycles. The number of thiazole rings is 1. The van der Waals surface area contributed by atoms with Gasteiger partial charge in [0, 0.05) is 24.0 Å². The van der Waals surface area contributed by atoms with Crippen molar-refractivity contribution in [3.63, 3.8) is 0 Å². The highest BCUT2D eigenvalue weighted by molar-refractivity contribution is 7.89. The lowest BCUT2D eigenvalue weighted by molar-refractivity contribution is 0.102. The lowest BCUT2D eigenvalue weighted by atomic mass is 9.94. The van der Waals surface area contributed by atoms with Crippen LogP contribution >= 0.6 is 22.7 Å². The maximum Gasteiger partial charge on any atom is 0.257 e. The van der Waals surface area contributed by atoms with E-state index in [1.54, 1.807) is 29.5 Å². The average Bonchev–Trinajstić information content (AvgIpc) is 3.39. The van der Waals surface area contributed by atoms with Crippen molar-refractivity contribution in [2.24, 2.45) is 11.8 Å². The summed E-state index contributed by atoms with van der Waals surface area (Å²) < 4.78 is 27.8. The minimum absolute atomic E-state index is 0.148. The van der Waals surface area contributed by atoms with Crippen molar-refractivity contribution in [1.29, 1.82) is 0 Å². The molecule has 9 heteroatoms. The number of piperidine rings is 1. The second-order valence-corrected chi connectivity index (χ2v) is 11.5. The number of hydrogen-bond acceptors (Lipinski definition) is 6. The van der Waals surface area contributed by atoms with Gasteiger partial charge < -0.3 is 0 Å². The topological polar surface area (TPSA) is 79.4 Å². The third-order valence-corrected chi connectivity index (χ3v) is 8.55. The van der Waals surface area contributed by atoms with Gasteiger partial charge in [0.25, 0.3) is 5.91 Å².